The molecule has 0 unspecified atom stereocenters. The van der Waals surface area contributed by atoms with E-state index in [4.69, 9.17) is 4.74 Å². The van der Waals surface area contributed by atoms with Gasteiger partial charge in [0.25, 0.3) is 5.56 Å². The number of fused-ring (bicyclic) bond motifs is 1. The Balaban J connectivity index is 2.91. The maximum atomic E-state index is 12.2. The van der Waals surface area contributed by atoms with Crippen LogP contribution in [0.5, 0.6) is 5.75 Å². The highest BCUT2D eigenvalue weighted by molar-refractivity contribution is 5.83. The Morgan fingerprint density at radius 3 is 2.65 bits per heavy atom. The van der Waals surface area contributed by atoms with Crippen molar-refractivity contribution in [3.63, 3.8) is 0 Å². The summed E-state index contributed by atoms with van der Waals surface area (Å²) in [5.41, 5.74) is 0.611. The molecule has 0 spiro atoms. The first-order chi connectivity index (χ1) is 8.06. The summed E-state index contributed by atoms with van der Waals surface area (Å²) in [5.74, 6) is 1.61. The van der Waals surface area contributed by atoms with Gasteiger partial charge in [-0.15, -0.1) is 0 Å². The third-order valence-corrected chi connectivity index (χ3v) is 2.84. The molecule has 0 saturated heterocycles. The lowest BCUT2D eigenvalue weighted by Gasteiger charge is -2.13. The molecule has 0 aliphatic heterocycles. The van der Waals surface area contributed by atoms with Crippen molar-refractivity contribution in [2.45, 2.75) is 19.8 Å². The Morgan fingerprint density at radius 2 is 2.06 bits per heavy atom. The first-order valence-electron chi connectivity index (χ1n) is 5.60. The van der Waals surface area contributed by atoms with Gasteiger partial charge in [-0.05, 0) is 12.1 Å². The fourth-order valence-corrected chi connectivity index (χ4v) is 1.97. The van der Waals surface area contributed by atoms with E-state index in [0.29, 0.717) is 16.7 Å². The minimum absolute atomic E-state index is 0.0300. The molecular formula is C13H16N2O2. The van der Waals surface area contributed by atoms with Crippen molar-refractivity contribution in [2.24, 2.45) is 7.05 Å². The van der Waals surface area contributed by atoms with Crippen molar-refractivity contribution >= 4 is 10.9 Å². The largest absolute Gasteiger partial charge is 0.494 e. The molecule has 0 N–H and O–H groups in total. The second kappa shape index (κ2) is 4.20. The van der Waals surface area contributed by atoms with Crippen LogP contribution in [0.15, 0.2) is 23.0 Å². The van der Waals surface area contributed by atoms with E-state index in [-0.39, 0.29) is 11.5 Å². The van der Waals surface area contributed by atoms with Gasteiger partial charge in [-0.2, -0.15) is 0 Å². The summed E-state index contributed by atoms with van der Waals surface area (Å²) in [7, 11) is 3.34. The van der Waals surface area contributed by atoms with Gasteiger partial charge in [0, 0.05) is 13.0 Å². The van der Waals surface area contributed by atoms with Crippen molar-refractivity contribution in [3.05, 3.63) is 34.4 Å². The van der Waals surface area contributed by atoms with Gasteiger partial charge in [-0.25, -0.2) is 4.98 Å². The molecular weight excluding hydrogens is 216 g/mol. The van der Waals surface area contributed by atoms with Gasteiger partial charge in [-0.3, -0.25) is 9.36 Å². The van der Waals surface area contributed by atoms with Gasteiger partial charge in [0.2, 0.25) is 0 Å². The first kappa shape index (κ1) is 11.6. The quantitative estimate of drug-likeness (QED) is 0.796. The maximum Gasteiger partial charge on any atom is 0.261 e. The van der Waals surface area contributed by atoms with E-state index >= 15 is 0 Å². The van der Waals surface area contributed by atoms with Crippen molar-refractivity contribution in [2.75, 3.05) is 7.11 Å². The van der Waals surface area contributed by atoms with Gasteiger partial charge in [0.1, 0.15) is 17.1 Å². The van der Waals surface area contributed by atoms with Crippen LogP contribution >= 0.6 is 0 Å². The molecule has 90 valence electrons. The maximum absolute atomic E-state index is 12.2. The van der Waals surface area contributed by atoms with Crippen LogP contribution in [0.3, 0.4) is 0 Å². The van der Waals surface area contributed by atoms with E-state index in [1.54, 1.807) is 30.9 Å². The van der Waals surface area contributed by atoms with Crippen molar-refractivity contribution in [3.8, 4) is 5.75 Å². The van der Waals surface area contributed by atoms with E-state index in [2.05, 4.69) is 4.98 Å². The molecule has 1 aromatic carbocycles. The summed E-state index contributed by atoms with van der Waals surface area (Å²) in [6, 6.07) is 5.40. The summed E-state index contributed by atoms with van der Waals surface area (Å²) in [6.45, 7) is 4.03. The average molecular weight is 232 g/mol. The Hall–Kier alpha value is -1.84. The molecule has 0 saturated carbocycles. The molecule has 2 rings (SSSR count). The fourth-order valence-electron chi connectivity index (χ4n) is 1.97. The highest BCUT2D eigenvalue weighted by atomic mass is 16.5. The van der Waals surface area contributed by atoms with E-state index in [0.717, 1.165) is 5.82 Å². The third-order valence-electron chi connectivity index (χ3n) is 2.84. The zero-order valence-corrected chi connectivity index (χ0v) is 10.5. The van der Waals surface area contributed by atoms with Crippen LogP contribution in [0.1, 0.15) is 25.6 Å². The zero-order valence-electron chi connectivity index (χ0n) is 10.5. The number of methoxy groups -OCH3 is 1. The van der Waals surface area contributed by atoms with Crippen LogP contribution in [0, 0.1) is 0 Å². The van der Waals surface area contributed by atoms with Gasteiger partial charge in [-0.1, -0.05) is 19.9 Å². The van der Waals surface area contributed by atoms with Gasteiger partial charge < -0.3 is 4.74 Å². The van der Waals surface area contributed by atoms with Crippen molar-refractivity contribution < 1.29 is 4.74 Å². The molecule has 0 bridgehead atoms. The Bertz CT molecular complexity index is 615. The first-order valence-corrected chi connectivity index (χ1v) is 5.60. The van der Waals surface area contributed by atoms with E-state index in [1.807, 2.05) is 19.9 Å². The normalized spacial score (nSPS) is 11.1. The van der Waals surface area contributed by atoms with Crippen LogP contribution in [0.25, 0.3) is 10.9 Å². The van der Waals surface area contributed by atoms with E-state index < -0.39 is 0 Å². The number of nitrogens with zero attached hydrogens (tertiary/aromatic N) is 2. The number of hydrogen-bond acceptors (Lipinski definition) is 3. The minimum atomic E-state index is -0.0300. The topological polar surface area (TPSA) is 44.1 Å². The van der Waals surface area contributed by atoms with Crippen LogP contribution in [-0.2, 0) is 7.05 Å². The predicted octanol–water partition coefficient (Wildman–Crippen LogP) is 2.07. The SMILES string of the molecule is COc1cccc2c(=O)n(C)c(C(C)C)nc12. The zero-order chi connectivity index (χ0) is 12.6. The molecule has 0 atom stereocenters. The molecule has 2 aromatic rings. The minimum Gasteiger partial charge on any atom is -0.494 e. The van der Waals surface area contributed by atoms with Gasteiger partial charge in [0.05, 0.1) is 12.5 Å². The Labute approximate surface area is 99.9 Å². The van der Waals surface area contributed by atoms with Crippen molar-refractivity contribution in [1.82, 2.24) is 9.55 Å². The molecule has 0 radical (unpaired) electrons. The highest BCUT2D eigenvalue weighted by Crippen LogP contribution is 2.22. The lowest BCUT2D eigenvalue weighted by atomic mass is 10.1. The van der Waals surface area contributed by atoms with Crippen LogP contribution < -0.4 is 10.3 Å². The number of hydrogen-bond donors (Lipinski definition) is 0. The number of para-hydroxylation sites is 1. The van der Waals surface area contributed by atoms with Crippen LogP contribution in [-0.4, -0.2) is 16.7 Å². The number of rotatable bonds is 2. The van der Waals surface area contributed by atoms with Gasteiger partial charge >= 0.3 is 0 Å². The summed E-state index contributed by atoms with van der Waals surface area (Å²) < 4.78 is 6.85. The molecule has 17 heavy (non-hydrogen) atoms. The summed E-state index contributed by atoms with van der Waals surface area (Å²) in [5, 5.41) is 0.594. The summed E-state index contributed by atoms with van der Waals surface area (Å²) >= 11 is 0. The molecule has 4 nitrogen and oxygen atoms in total. The molecule has 0 aliphatic carbocycles. The Kier molecular flexibility index (Phi) is 2.88. The van der Waals surface area contributed by atoms with E-state index in [1.165, 1.54) is 0 Å². The number of aromatic nitrogens is 2. The number of benzene rings is 1. The summed E-state index contributed by atoms with van der Waals surface area (Å²) in [6.07, 6.45) is 0. The lowest BCUT2D eigenvalue weighted by molar-refractivity contribution is 0.418. The molecule has 0 fully saturated rings. The molecule has 0 amide bonds. The monoisotopic (exact) mass is 232 g/mol. The molecule has 1 aromatic heterocycles. The Morgan fingerprint density at radius 1 is 1.35 bits per heavy atom. The predicted molar refractivity (Wildman–Crippen MR) is 67.6 cm³/mol. The van der Waals surface area contributed by atoms with Gasteiger partial charge in [0.15, 0.2) is 0 Å². The fraction of sp³-hybridized carbons (Fsp3) is 0.385. The van der Waals surface area contributed by atoms with Crippen LogP contribution in [0.4, 0.5) is 0 Å². The average Bonchev–Trinajstić information content (AvgIpc) is 2.32. The smallest absolute Gasteiger partial charge is 0.261 e. The van der Waals surface area contributed by atoms with E-state index in [9.17, 15) is 4.79 Å². The summed E-state index contributed by atoms with van der Waals surface area (Å²) in [4.78, 5) is 16.7. The molecule has 0 aliphatic rings. The molecule has 4 heteroatoms. The van der Waals surface area contributed by atoms with Crippen molar-refractivity contribution in [1.29, 1.82) is 0 Å². The second-order valence-corrected chi connectivity index (χ2v) is 4.35. The standard InChI is InChI=1S/C13H16N2O2/c1-8(2)12-14-11-9(13(16)15(12)3)6-5-7-10(11)17-4/h5-8H,1-4H3. The lowest BCUT2D eigenvalue weighted by Crippen LogP contribution is -2.23. The molecule has 1 heterocycles. The second-order valence-electron chi connectivity index (χ2n) is 4.35. The number of ether oxygens (including phenoxy) is 1. The third kappa shape index (κ3) is 1.79. The van der Waals surface area contributed by atoms with Crippen LogP contribution in [0.2, 0.25) is 0 Å². The highest BCUT2D eigenvalue weighted by Gasteiger charge is 2.13.